The molecular weight excluding hydrogens is 200 g/mol. The third-order valence-corrected chi connectivity index (χ3v) is 2.84. The van der Waals surface area contributed by atoms with Crippen LogP contribution in [0.4, 0.5) is 0 Å². The summed E-state index contributed by atoms with van der Waals surface area (Å²) >= 11 is 0. The molecule has 3 nitrogen and oxygen atoms in total. The zero-order chi connectivity index (χ0) is 11.2. The van der Waals surface area contributed by atoms with Crippen molar-refractivity contribution in [2.45, 2.75) is 32.4 Å². The van der Waals surface area contributed by atoms with Crippen LogP contribution >= 0.6 is 0 Å². The van der Waals surface area contributed by atoms with E-state index in [1.807, 2.05) is 25.2 Å². The van der Waals surface area contributed by atoms with Crippen LogP contribution in [0.25, 0.3) is 0 Å². The van der Waals surface area contributed by atoms with Gasteiger partial charge in [-0.15, -0.1) is 0 Å². The molecule has 0 atom stereocenters. The van der Waals surface area contributed by atoms with Gasteiger partial charge in [0.05, 0.1) is 18.0 Å². The fourth-order valence-corrected chi connectivity index (χ4v) is 1.72. The largest absolute Gasteiger partial charge is 0.375 e. The molecule has 1 heterocycles. The molecular formula is C13H20N2O. The van der Waals surface area contributed by atoms with Crippen molar-refractivity contribution >= 4 is 0 Å². The van der Waals surface area contributed by atoms with Crippen LogP contribution in [0.1, 0.15) is 30.7 Å². The summed E-state index contributed by atoms with van der Waals surface area (Å²) in [5.74, 6) is 0.948. The predicted octanol–water partition coefficient (Wildman–Crippen LogP) is 2.12. The molecule has 0 radical (unpaired) electrons. The van der Waals surface area contributed by atoms with Gasteiger partial charge in [0.25, 0.3) is 0 Å². The molecule has 1 saturated carbocycles. The molecule has 0 aliphatic heterocycles. The van der Waals surface area contributed by atoms with E-state index in [1.54, 1.807) is 0 Å². The van der Waals surface area contributed by atoms with Gasteiger partial charge >= 0.3 is 0 Å². The van der Waals surface area contributed by atoms with Gasteiger partial charge in [0.1, 0.15) is 0 Å². The minimum atomic E-state index is 0.643. The fourth-order valence-electron chi connectivity index (χ4n) is 1.72. The summed E-state index contributed by atoms with van der Waals surface area (Å²) in [6.07, 6.45) is 4.02. The number of hydrogen-bond acceptors (Lipinski definition) is 3. The molecule has 16 heavy (non-hydrogen) atoms. The molecule has 1 N–H and O–H groups in total. The van der Waals surface area contributed by atoms with Gasteiger partial charge in [-0.2, -0.15) is 0 Å². The van der Waals surface area contributed by atoms with Gasteiger partial charge in [0.2, 0.25) is 0 Å². The van der Waals surface area contributed by atoms with Crippen molar-refractivity contribution in [3.8, 4) is 0 Å². The van der Waals surface area contributed by atoms with Crippen molar-refractivity contribution in [2.75, 3.05) is 13.7 Å². The molecule has 2 rings (SSSR count). The number of nitrogens with one attached hydrogen (secondary N) is 1. The number of aromatic nitrogens is 1. The molecule has 1 aliphatic carbocycles. The summed E-state index contributed by atoms with van der Waals surface area (Å²) in [6, 6.07) is 6.10. The zero-order valence-electron chi connectivity index (χ0n) is 9.91. The second-order valence-corrected chi connectivity index (χ2v) is 4.44. The SMILES string of the molecule is CNCc1cccc(COCCC2CC2)n1. The molecule has 1 aliphatic rings. The Hall–Kier alpha value is -0.930. The lowest BCUT2D eigenvalue weighted by atomic mass is 10.3. The lowest BCUT2D eigenvalue weighted by molar-refractivity contribution is 0.112. The molecule has 0 bridgehead atoms. The molecule has 1 aromatic rings. The molecule has 88 valence electrons. The molecule has 0 spiro atoms. The number of nitrogens with zero attached hydrogens (tertiary/aromatic N) is 1. The van der Waals surface area contributed by atoms with Gasteiger partial charge in [-0.1, -0.05) is 18.9 Å². The lowest BCUT2D eigenvalue weighted by Gasteiger charge is -2.05. The summed E-state index contributed by atoms with van der Waals surface area (Å²) in [5.41, 5.74) is 2.11. The summed E-state index contributed by atoms with van der Waals surface area (Å²) in [5, 5.41) is 3.10. The average Bonchev–Trinajstić information content (AvgIpc) is 3.09. The van der Waals surface area contributed by atoms with Crippen molar-refractivity contribution in [1.82, 2.24) is 10.3 Å². The minimum absolute atomic E-state index is 0.643. The average molecular weight is 220 g/mol. The second-order valence-electron chi connectivity index (χ2n) is 4.44. The van der Waals surface area contributed by atoms with Crippen molar-refractivity contribution in [2.24, 2.45) is 5.92 Å². The Labute approximate surface area is 97.2 Å². The van der Waals surface area contributed by atoms with Crippen LogP contribution in [0.2, 0.25) is 0 Å². The maximum atomic E-state index is 5.62. The van der Waals surface area contributed by atoms with Gasteiger partial charge < -0.3 is 10.1 Å². The molecule has 0 aromatic carbocycles. The molecule has 1 aromatic heterocycles. The Morgan fingerprint density at radius 2 is 2.19 bits per heavy atom. The summed E-state index contributed by atoms with van der Waals surface area (Å²) in [6.45, 7) is 2.34. The number of pyridine rings is 1. The van der Waals surface area contributed by atoms with Crippen molar-refractivity contribution in [1.29, 1.82) is 0 Å². The number of hydrogen-bond donors (Lipinski definition) is 1. The number of rotatable bonds is 7. The second kappa shape index (κ2) is 5.97. The highest BCUT2D eigenvalue weighted by molar-refractivity contribution is 5.10. The first-order chi connectivity index (χ1) is 7.88. The first-order valence-corrected chi connectivity index (χ1v) is 6.05. The van der Waals surface area contributed by atoms with E-state index in [0.717, 1.165) is 30.5 Å². The van der Waals surface area contributed by atoms with E-state index in [1.165, 1.54) is 19.3 Å². The molecule has 1 fully saturated rings. The van der Waals surface area contributed by atoms with Crippen LogP contribution in [-0.4, -0.2) is 18.6 Å². The zero-order valence-corrected chi connectivity index (χ0v) is 9.91. The highest BCUT2D eigenvalue weighted by Gasteiger charge is 2.20. The van der Waals surface area contributed by atoms with Crippen LogP contribution in [0, 0.1) is 5.92 Å². The van der Waals surface area contributed by atoms with Gasteiger partial charge in [-0.3, -0.25) is 4.98 Å². The standard InChI is InChI=1S/C13H20N2O/c1-14-9-12-3-2-4-13(15-12)10-16-8-7-11-5-6-11/h2-4,11,14H,5-10H2,1H3. The fraction of sp³-hybridized carbons (Fsp3) is 0.615. The third kappa shape index (κ3) is 3.91. The Balaban J connectivity index is 1.71. The summed E-state index contributed by atoms with van der Waals surface area (Å²) in [7, 11) is 1.93. The van der Waals surface area contributed by atoms with E-state index in [-0.39, 0.29) is 0 Å². The topological polar surface area (TPSA) is 34.1 Å². The third-order valence-electron chi connectivity index (χ3n) is 2.84. The normalized spacial score (nSPS) is 15.3. The van der Waals surface area contributed by atoms with Crippen LogP contribution in [0.5, 0.6) is 0 Å². The number of ether oxygens (including phenoxy) is 1. The van der Waals surface area contributed by atoms with Crippen LogP contribution < -0.4 is 5.32 Å². The Kier molecular flexibility index (Phi) is 4.31. The quantitative estimate of drug-likeness (QED) is 0.715. The van der Waals surface area contributed by atoms with Gasteiger partial charge in [0.15, 0.2) is 0 Å². The highest BCUT2D eigenvalue weighted by atomic mass is 16.5. The van der Waals surface area contributed by atoms with E-state index in [2.05, 4.69) is 10.3 Å². The Morgan fingerprint density at radius 3 is 2.94 bits per heavy atom. The van der Waals surface area contributed by atoms with Gasteiger partial charge in [0, 0.05) is 13.2 Å². The predicted molar refractivity (Wildman–Crippen MR) is 64.0 cm³/mol. The molecule has 0 saturated heterocycles. The minimum Gasteiger partial charge on any atom is -0.375 e. The van der Waals surface area contributed by atoms with E-state index in [9.17, 15) is 0 Å². The first-order valence-electron chi connectivity index (χ1n) is 6.05. The van der Waals surface area contributed by atoms with Crippen LogP contribution in [0.3, 0.4) is 0 Å². The first kappa shape index (κ1) is 11.6. The Bertz CT molecular complexity index is 323. The van der Waals surface area contributed by atoms with Crippen molar-refractivity contribution in [3.05, 3.63) is 29.6 Å². The van der Waals surface area contributed by atoms with E-state index < -0.39 is 0 Å². The van der Waals surface area contributed by atoms with E-state index >= 15 is 0 Å². The summed E-state index contributed by atoms with van der Waals surface area (Å²) < 4.78 is 5.62. The highest BCUT2D eigenvalue weighted by Crippen LogP contribution is 2.32. The van der Waals surface area contributed by atoms with Crippen LogP contribution in [0.15, 0.2) is 18.2 Å². The maximum Gasteiger partial charge on any atom is 0.0887 e. The summed E-state index contributed by atoms with van der Waals surface area (Å²) in [4.78, 5) is 4.51. The van der Waals surface area contributed by atoms with E-state index in [4.69, 9.17) is 4.74 Å². The monoisotopic (exact) mass is 220 g/mol. The maximum absolute atomic E-state index is 5.62. The van der Waals surface area contributed by atoms with E-state index in [0.29, 0.717) is 6.61 Å². The van der Waals surface area contributed by atoms with Crippen molar-refractivity contribution in [3.63, 3.8) is 0 Å². The lowest BCUT2D eigenvalue weighted by Crippen LogP contribution is -2.08. The Morgan fingerprint density at radius 1 is 1.38 bits per heavy atom. The van der Waals surface area contributed by atoms with Gasteiger partial charge in [-0.05, 0) is 31.5 Å². The van der Waals surface area contributed by atoms with Crippen molar-refractivity contribution < 1.29 is 4.74 Å². The molecule has 3 heteroatoms. The van der Waals surface area contributed by atoms with Crippen LogP contribution in [-0.2, 0) is 17.9 Å². The molecule has 0 unspecified atom stereocenters. The smallest absolute Gasteiger partial charge is 0.0887 e. The van der Waals surface area contributed by atoms with Gasteiger partial charge in [-0.25, -0.2) is 0 Å². The molecule has 0 amide bonds.